The van der Waals surface area contributed by atoms with Crippen molar-refractivity contribution in [3.8, 4) is 0 Å². The average molecular weight is 296 g/mol. The molecule has 1 aromatic rings. The van der Waals surface area contributed by atoms with Crippen molar-refractivity contribution in [1.82, 2.24) is 14.7 Å². The lowest BCUT2D eigenvalue weighted by Gasteiger charge is -2.35. The van der Waals surface area contributed by atoms with Crippen LogP contribution in [-0.2, 0) is 11.3 Å². The highest BCUT2D eigenvalue weighted by Crippen LogP contribution is 2.20. The number of nitrogens with one attached hydrogen (secondary N) is 1. The number of piperidine rings is 1. The highest BCUT2D eigenvalue weighted by Gasteiger charge is 2.26. The molecule has 1 aromatic heterocycles. The Balaban J connectivity index is 1.96. The van der Waals surface area contributed by atoms with Crippen LogP contribution in [0.5, 0.6) is 0 Å². The molecule has 0 saturated carbocycles. The van der Waals surface area contributed by atoms with Gasteiger partial charge >= 0.3 is 12.0 Å². The number of hydrogen-bond acceptors (Lipinski definition) is 4. The molecule has 2 heterocycles. The van der Waals surface area contributed by atoms with Gasteiger partial charge in [-0.2, -0.15) is 5.10 Å². The van der Waals surface area contributed by atoms with E-state index in [0.717, 1.165) is 19.3 Å². The largest absolute Gasteiger partial charge is 0.480 e. The van der Waals surface area contributed by atoms with Crippen LogP contribution in [0.15, 0.2) is 12.4 Å². The number of carbonyl (C=O) groups is 2. The Morgan fingerprint density at radius 3 is 2.95 bits per heavy atom. The summed E-state index contributed by atoms with van der Waals surface area (Å²) in [5, 5.41) is 24.3. The molecule has 1 saturated heterocycles. The molecule has 0 bridgehead atoms. The van der Waals surface area contributed by atoms with Gasteiger partial charge in [-0.25, -0.2) is 4.79 Å². The lowest BCUT2D eigenvalue weighted by molar-refractivity contribution is -0.137. The van der Waals surface area contributed by atoms with Crippen LogP contribution in [0.4, 0.5) is 10.5 Å². The predicted molar refractivity (Wildman–Crippen MR) is 74.9 cm³/mol. The second kappa shape index (κ2) is 7.07. The summed E-state index contributed by atoms with van der Waals surface area (Å²) in [7, 11) is 0. The van der Waals surface area contributed by atoms with E-state index in [4.69, 9.17) is 10.2 Å². The zero-order chi connectivity index (χ0) is 15.2. The van der Waals surface area contributed by atoms with Crippen molar-refractivity contribution >= 4 is 17.7 Å². The summed E-state index contributed by atoms with van der Waals surface area (Å²) in [5.74, 6) is -0.991. The smallest absolute Gasteiger partial charge is 0.325 e. The molecule has 1 atom stereocenters. The van der Waals surface area contributed by atoms with Gasteiger partial charge in [0.1, 0.15) is 6.54 Å². The lowest BCUT2D eigenvalue weighted by atomic mass is 10.0. The fraction of sp³-hybridized carbons (Fsp3) is 0.615. The van der Waals surface area contributed by atoms with Crippen molar-refractivity contribution in [2.24, 2.45) is 0 Å². The number of aliphatic hydroxyl groups excluding tert-OH is 1. The first-order valence-corrected chi connectivity index (χ1v) is 7.03. The number of aromatic nitrogens is 2. The maximum atomic E-state index is 12.3. The third-order valence-electron chi connectivity index (χ3n) is 3.53. The molecule has 1 unspecified atom stereocenters. The van der Waals surface area contributed by atoms with Gasteiger partial charge in [0.05, 0.1) is 11.9 Å². The molecule has 0 spiro atoms. The molecule has 116 valence electrons. The first kappa shape index (κ1) is 15.3. The Hall–Kier alpha value is -2.09. The van der Waals surface area contributed by atoms with Gasteiger partial charge in [0.25, 0.3) is 0 Å². The second-order valence-electron chi connectivity index (χ2n) is 5.11. The van der Waals surface area contributed by atoms with Crippen LogP contribution >= 0.6 is 0 Å². The summed E-state index contributed by atoms with van der Waals surface area (Å²) in [4.78, 5) is 24.6. The minimum Gasteiger partial charge on any atom is -0.480 e. The Bertz CT molecular complexity index is 500. The molecular formula is C13H20N4O4. The number of nitrogens with zero attached hydrogens (tertiary/aromatic N) is 3. The molecule has 8 heteroatoms. The topological polar surface area (TPSA) is 108 Å². The third-order valence-corrected chi connectivity index (χ3v) is 3.53. The van der Waals surface area contributed by atoms with Gasteiger partial charge in [-0.05, 0) is 25.7 Å². The maximum absolute atomic E-state index is 12.3. The lowest BCUT2D eigenvalue weighted by Crippen LogP contribution is -2.46. The first-order valence-electron chi connectivity index (χ1n) is 7.03. The van der Waals surface area contributed by atoms with Crippen molar-refractivity contribution < 1.29 is 19.8 Å². The van der Waals surface area contributed by atoms with E-state index in [1.54, 1.807) is 4.90 Å². The number of carbonyl (C=O) groups excluding carboxylic acids is 1. The van der Waals surface area contributed by atoms with Gasteiger partial charge in [-0.1, -0.05) is 0 Å². The van der Waals surface area contributed by atoms with Crippen LogP contribution in [0.3, 0.4) is 0 Å². The maximum Gasteiger partial charge on any atom is 0.325 e. The Labute approximate surface area is 122 Å². The fourth-order valence-corrected chi connectivity index (χ4v) is 2.57. The van der Waals surface area contributed by atoms with Crippen LogP contribution in [0, 0.1) is 0 Å². The van der Waals surface area contributed by atoms with Crippen molar-refractivity contribution in [2.75, 3.05) is 18.5 Å². The highest BCUT2D eigenvalue weighted by molar-refractivity contribution is 5.89. The second-order valence-corrected chi connectivity index (χ2v) is 5.11. The number of urea groups is 1. The number of hydrogen-bond donors (Lipinski definition) is 3. The first-order chi connectivity index (χ1) is 10.1. The summed E-state index contributed by atoms with van der Waals surface area (Å²) >= 11 is 0. The van der Waals surface area contributed by atoms with Crippen molar-refractivity contribution in [2.45, 2.75) is 38.3 Å². The van der Waals surface area contributed by atoms with Crippen LogP contribution < -0.4 is 5.32 Å². The average Bonchev–Trinajstić information content (AvgIpc) is 2.86. The predicted octanol–water partition coefficient (Wildman–Crippen LogP) is 0.736. The molecule has 2 amide bonds. The summed E-state index contributed by atoms with van der Waals surface area (Å²) < 4.78 is 1.25. The van der Waals surface area contributed by atoms with Gasteiger partial charge < -0.3 is 20.4 Å². The zero-order valence-electron chi connectivity index (χ0n) is 11.7. The number of amides is 2. The minimum absolute atomic E-state index is 0.0535. The minimum atomic E-state index is -0.991. The number of aliphatic hydroxyl groups is 1. The van der Waals surface area contributed by atoms with Crippen LogP contribution in [0.25, 0.3) is 0 Å². The summed E-state index contributed by atoms with van der Waals surface area (Å²) in [6.45, 7) is 0.484. The van der Waals surface area contributed by atoms with Crippen molar-refractivity contribution in [1.29, 1.82) is 0 Å². The van der Waals surface area contributed by atoms with Crippen LogP contribution in [0.2, 0.25) is 0 Å². The molecule has 0 radical (unpaired) electrons. The quantitative estimate of drug-likeness (QED) is 0.742. The third kappa shape index (κ3) is 4.19. The van der Waals surface area contributed by atoms with E-state index in [9.17, 15) is 9.59 Å². The zero-order valence-corrected chi connectivity index (χ0v) is 11.7. The van der Waals surface area contributed by atoms with E-state index < -0.39 is 5.97 Å². The molecule has 3 N–H and O–H groups in total. The van der Waals surface area contributed by atoms with Gasteiger partial charge in [0.15, 0.2) is 0 Å². The Kier molecular flexibility index (Phi) is 5.15. The van der Waals surface area contributed by atoms with Crippen LogP contribution in [0.1, 0.15) is 25.7 Å². The van der Waals surface area contributed by atoms with Gasteiger partial charge in [0.2, 0.25) is 0 Å². The van der Waals surface area contributed by atoms with E-state index in [2.05, 4.69) is 10.4 Å². The van der Waals surface area contributed by atoms with E-state index in [-0.39, 0.29) is 25.2 Å². The molecule has 8 nitrogen and oxygen atoms in total. The highest BCUT2D eigenvalue weighted by atomic mass is 16.4. The summed E-state index contributed by atoms with van der Waals surface area (Å²) in [5.41, 5.74) is 0.467. The molecule has 0 aliphatic carbocycles. The monoisotopic (exact) mass is 296 g/mol. The van der Waals surface area contributed by atoms with E-state index in [0.29, 0.717) is 18.7 Å². The van der Waals surface area contributed by atoms with E-state index in [1.165, 1.54) is 17.1 Å². The fourth-order valence-electron chi connectivity index (χ4n) is 2.57. The number of anilines is 1. The molecule has 0 aromatic carbocycles. The molecule has 1 aliphatic rings. The number of rotatable bonds is 5. The molecule has 1 aliphatic heterocycles. The van der Waals surface area contributed by atoms with Gasteiger partial charge in [0, 0.05) is 25.4 Å². The standard InChI is InChI=1S/C13H20N4O4/c18-6-4-11-3-1-2-5-17(11)13(21)15-10-7-14-16(8-10)9-12(19)20/h7-8,11,18H,1-6,9H2,(H,15,21)(H,19,20). The Morgan fingerprint density at radius 1 is 1.43 bits per heavy atom. The molecule has 21 heavy (non-hydrogen) atoms. The molecular weight excluding hydrogens is 276 g/mol. The Morgan fingerprint density at radius 2 is 2.24 bits per heavy atom. The SMILES string of the molecule is O=C(O)Cn1cc(NC(=O)N2CCCCC2CCO)cn1. The molecule has 2 rings (SSSR count). The van der Waals surface area contributed by atoms with Gasteiger partial charge in [-0.3, -0.25) is 9.48 Å². The van der Waals surface area contributed by atoms with E-state index in [1.807, 2.05) is 0 Å². The molecule has 1 fully saturated rings. The van der Waals surface area contributed by atoms with Gasteiger partial charge in [-0.15, -0.1) is 0 Å². The number of aliphatic carboxylic acids is 1. The van der Waals surface area contributed by atoms with Crippen molar-refractivity contribution in [3.05, 3.63) is 12.4 Å². The summed E-state index contributed by atoms with van der Waals surface area (Å²) in [6.07, 6.45) is 6.39. The number of likely N-dealkylation sites (tertiary alicyclic amines) is 1. The van der Waals surface area contributed by atoms with Crippen LogP contribution in [-0.4, -0.2) is 56.1 Å². The number of carboxylic acid groups (broad SMARTS) is 1. The van der Waals surface area contributed by atoms with Crippen molar-refractivity contribution in [3.63, 3.8) is 0 Å². The van der Waals surface area contributed by atoms with E-state index >= 15 is 0 Å². The normalized spacial score (nSPS) is 18.5. The number of carboxylic acids is 1. The summed E-state index contributed by atoms with van der Waals surface area (Å²) in [6, 6.07) is -0.180.